The minimum atomic E-state index is -0.194. The Morgan fingerprint density at radius 2 is 2.14 bits per heavy atom. The summed E-state index contributed by atoms with van der Waals surface area (Å²) in [6, 6.07) is 11.3. The van der Waals surface area contributed by atoms with Gasteiger partial charge in [0.25, 0.3) is 5.91 Å². The highest BCUT2D eigenvalue weighted by Crippen LogP contribution is 2.28. The summed E-state index contributed by atoms with van der Waals surface area (Å²) >= 11 is 0. The Kier molecular flexibility index (Phi) is 5.90. The van der Waals surface area contributed by atoms with Crippen LogP contribution in [0.15, 0.2) is 42.6 Å². The molecule has 1 aliphatic rings. The Bertz CT molecular complexity index is 981. The lowest BCUT2D eigenvalue weighted by Gasteiger charge is -2.10. The van der Waals surface area contributed by atoms with Gasteiger partial charge in [-0.2, -0.15) is 5.10 Å². The second-order valence-corrected chi connectivity index (χ2v) is 6.96. The second-order valence-electron chi connectivity index (χ2n) is 6.96. The number of benzene rings is 1. The van der Waals surface area contributed by atoms with Gasteiger partial charge in [0.2, 0.25) is 0 Å². The van der Waals surface area contributed by atoms with Gasteiger partial charge in [-0.15, -0.1) is 0 Å². The van der Waals surface area contributed by atoms with Crippen molar-refractivity contribution in [2.45, 2.75) is 18.9 Å². The van der Waals surface area contributed by atoms with Gasteiger partial charge in [-0.05, 0) is 37.2 Å². The number of rotatable bonds is 8. The van der Waals surface area contributed by atoms with Gasteiger partial charge in [-0.3, -0.25) is 4.79 Å². The highest BCUT2D eigenvalue weighted by molar-refractivity contribution is 5.79. The fourth-order valence-electron chi connectivity index (χ4n) is 3.61. The van der Waals surface area contributed by atoms with E-state index < -0.39 is 0 Å². The summed E-state index contributed by atoms with van der Waals surface area (Å²) in [6.45, 7) is 2.88. The van der Waals surface area contributed by atoms with E-state index in [1.54, 1.807) is 25.4 Å². The zero-order valence-corrected chi connectivity index (χ0v) is 16.4. The van der Waals surface area contributed by atoms with Gasteiger partial charge in [0.15, 0.2) is 23.8 Å². The molecule has 3 aromatic rings. The fourth-order valence-corrected chi connectivity index (χ4v) is 3.61. The molecule has 2 N–H and O–H groups in total. The number of aromatic nitrogens is 3. The molecule has 8 nitrogen and oxygen atoms in total. The highest BCUT2D eigenvalue weighted by atomic mass is 16.5. The summed E-state index contributed by atoms with van der Waals surface area (Å²) in [7, 11) is 1.57. The van der Waals surface area contributed by atoms with Crippen LogP contribution in [0.25, 0.3) is 11.0 Å². The normalized spacial score (nSPS) is 16.1. The Morgan fingerprint density at radius 1 is 1.28 bits per heavy atom. The lowest BCUT2D eigenvalue weighted by molar-refractivity contribution is -0.123. The second kappa shape index (κ2) is 8.91. The van der Waals surface area contributed by atoms with Crippen LogP contribution in [-0.4, -0.2) is 54.0 Å². The molecule has 8 heteroatoms. The maximum atomic E-state index is 12.2. The molecule has 0 bridgehead atoms. The van der Waals surface area contributed by atoms with Crippen LogP contribution < -0.4 is 20.1 Å². The molecule has 1 atom stereocenters. The van der Waals surface area contributed by atoms with E-state index in [4.69, 9.17) is 14.6 Å². The van der Waals surface area contributed by atoms with E-state index in [-0.39, 0.29) is 12.5 Å². The van der Waals surface area contributed by atoms with Crippen molar-refractivity contribution < 1.29 is 14.3 Å². The van der Waals surface area contributed by atoms with Crippen molar-refractivity contribution in [3.8, 4) is 11.5 Å². The fraction of sp³-hybridized carbons (Fsp3) is 0.381. The summed E-state index contributed by atoms with van der Waals surface area (Å²) in [5.74, 6) is 1.36. The zero-order chi connectivity index (χ0) is 20.1. The third-order valence-electron chi connectivity index (χ3n) is 5.06. The van der Waals surface area contributed by atoms with Crippen LogP contribution in [0.3, 0.4) is 0 Å². The third kappa shape index (κ3) is 4.32. The van der Waals surface area contributed by atoms with Gasteiger partial charge >= 0.3 is 0 Å². The standard InChI is InChI=1S/C21H25N5O3/c1-28-17-6-2-3-7-18(17)29-14-19(27)23-11-12-26-21-16(5-4-9-24-21)20(25-26)15-8-10-22-13-15/h2-7,9,15,22H,8,10-14H2,1H3,(H,23,27)/t15-/m1/s1. The number of nitrogens with zero attached hydrogens (tertiary/aromatic N) is 3. The Balaban J connectivity index is 1.34. The molecule has 0 aliphatic carbocycles. The zero-order valence-electron chi connectivity index (χ0n) is 16.4. The first-order valence-corrected chi connectivity index (χ1v) is 9.81. The Hall–Kier alpha value is -3.13. The van der Waals surface area contributed by atoms with Crippen LogP contribution >= 0.6 is 0 Å². The van der Waals surface area contributed by atoms with Crippen LogP contribution in [0.1, 0.15) is 18.0 Å². The average molecular weight is 395 g/mol. The van der Waals surface area contributed by atoms with Gasteiger partial charge < -0.3 is 20.1 Å². The summed E-state index contributed by atoms with van der Waals surface area (Å²) in [6.07, 6.45) is 2.86. The molecule has 0 spiro atoms. The van der Waals surface area contributed by atoms with Crippen LogP contribution in [-0.2, 0) is 11.3 Å². The Morgan fingerprint density at radius 3 is 2.93 bits per heavy atom. The molecule has 152 valence electrons. The van der Waals surface area contributed by atoms with Gasteiger partial charge in [0, 0.05) is 30.6 Å². The molecule has 0 radical (unpaired) electrons. The number of hydrogen-bond donors (Lipinski definition) is 2. The number of methoxy groups -OCH3 is 1. The molecule has 0 saturated carbocycles. The third-order valence-corrected chi connectivity index (χ3v) is 5.06. The smallest absolute Gasteiger partial charge is 0.258 e. The van der Waals surface area contributed by atoms with Crippen LogP contribution in [0.2, 0.25) is 0 Å². The van der Waals surface area contributed by atoms with E-state index >= 15 is 0 Å². The van der Waals surface area contributed by atoms with E-state index in [9.17, 15) is 4.79 Å². The van der Waals surface area contributed by atoms with Crippen LogP contribution in [0.4, 0.5) is 0 Å². The first kappa shape index (κ1) is 19.2. The molecule has 1 amide bonds. The number of nitrogens with one attached hydrogen (secondary N) is 2. The first-order valence-electron chi connectivity index (χ1n) is 9.81. The Labute approximate surface area is 169 Å². The summed E-state index contributed by atoms with van der Waals surface area (Å²) < 4.78 is 12.7. The molecular weight excluding hydrogens is 370 g/mol. The lowest BCUT2D eigenvalue weighted by atomic mass is 10.0. The molecule has 1 saturated heterocycles. The quantitative estimate of drug-likeness (QED) is 0.604. The van der Waals surface area contributed by atoms with E-state index in [0.717, 1.165) is 36.2 Å². The first-order chi connectivity index (χ1) is 14.3. The van der Waals surface area contributed by atoms with E-state index in [2.05, 4.69) is 21.7 Å². The van der Waals surface area contributed by atoms with Crippen molar-refractivity contribution in [3.63, 3.8) is 0 Å². The monoisotopic (exact) mass is 395 g/mol. The topological polar surface area (TPSA) is 90.3 Å². The summed E-state index contributed by atoms with van der Waals surface area (Å²) in [5.41, 5.74) is 1.94. The van der Waals surface area contributed by atoms with Crippen molar-refractivity contribution in [2.24, 2.45) is 0 Å². The summed E-state index contributed by atoms with van der Waals surface area (Å²) in [4.78, 5) is 16.6. The number of carbonyl (C=O) groups excluding carboxylic acids is 1. The molecule has 0 unspecified atom stereocenters. The molecule has 1 fully saturated rings. The van der Waals surface area contributed by atoms with Crippen LogP contribution in [0, 0.1) is 0 Å². The van der Waals surface area contributed by atoms with Crippen molar-refractivity contribution in [1.82, 2.24) is 25.4 Å². The number of para-hydroxylation sites is 2. The van der Waals surface area contributed by atoms with Crippen molar-refractivity contribution in [3.05, 3.63) is 48.3 Å². The number of hydrogen-bond acceptors (Lipinski definition) is 6. The van der Waals surface area contributed by atoms with E-state index in [0.29, 0.717) is 30.5 Å². The van der Waals surface area contributed by atoms with Crippen molar-refractivity contribution in [1.29, 1.82) is 0 Å². The highest BCUT2D eigenvalue weighted by Gasteiger charge is 2.23. The minimum Gasteiger partial charge on any atom is -0.493 e. The number of carbonyl (C=O) groups is 1. The SMILES string of the molecule is COc1ccccc1OCC(=O)NCCn1nc([C@@H]2CCNC2)c2cccnc21. The molecule has 29 heavy (non-hydrogen) atoms. The number of amides is 1. The lowest BCUT2D eigenvalue weighted by Crippen LogP contribution is -2.31. The van der Waals surface area contributed by atoms with Gasteiger partial charge in [-0.25, -0.2) is 9.67 Å². The maximum absolute atomic E-state index is 12.2. The molecule has 2 aromatic heterocycles. The number of ether oxygens (including phenoxy) is 2. The van der Waals surface area contributed by atoms with Gasteiger partial charge in [-0.1, -0.05) is 12.1 Å². The molecule has 1 aromatic carbocycles. The predicted octanol–water partition coefficient (Wildman–Crippen LogP) is 1.71. The van der Waals surface area contributed by atoms with Gasteiger partial charge in [0.1, 0.15) is 0 Å². The minimum absolute atomic E-state index is 0.0720. The number of fused-ring (bicyclic) bond motifs is 1. The average Bonchev–Trinajstić information content (AvgIpc) is 3.41. The molecule has 1 aliphatic heterocycles. The molecular formula is C21H25N5O3. The largest absolute Gasteiger partial charge is 0.493 e. The predicted molar refractivity (Wildman–Crippen MR) is 109 cm³/mol. The molecule has 3 heterocycles. The van der Waals surface area contributed by atoms with E-state index in [1.165, 1.54) is 0 Å². The number of pyridine rings is 1. The van der Waals surface area contributed by atoms with Crippen LogP contribution in [0.5, 0.6) is 11.5 Å². The maximum Gasteiger partial charge on any atom is 0.258 e. The van der Waals surface area contributed by atoms with E-state index in [1.807, 2.05) is 22.9 Å². The van der Waals surface area contributed by atoms with Gasteiger partial charge in [0.05, 0.1) is 19.3 Å². The summed E-state index contributed by atoms with van der Waals surface area (Å²) in [5, 5.41) is 12.2. The van der Waals surface area contributed by atoms with Crippen molar-refractivity contribution >= 4 is 16.9 Å². The molecule has 4 rings (SSSR count). The van der Waals surface area contributed by atoms with Crippen molar-refractivity contribution in [2.75, 3.05) is 33.4 Å².